The van der Waals surface area contributed by atoms with Crippen molar-refractivity contribution in [2.45, 2.75) is 31.8 Å². The van der Waals surface area contributed by atoms with Crippen LogP contribution < -0.4 is 10.1 Å². The number of nitrogens with zero attached hydrogens (tertiary/aromatic N) is 2. The molecule has 1 aromatic carbocycles. The standard InChI is InChI=1S/C20H21N3O2S/c1-13-19(14-8-10-23(13)11-9-14)22-20(24)15-2-4-16(5-3-15)25-18-7-6-17(12-21)26-18/h2-7,13-14,19H,8-11H2,1H3,(H,22,24)/t13-,19-/m0/s1. The van der Waals surface area contributed by atoms with E-state index in [2.05, 4.69) is 23.2 Å². The number of nitrogens with one attached hydrogen (secondary N) is 1. The monoisotopic (exact) mass is 367 g/mol. The van der Waals surface area contributed by atoms with Crippen LogP contribution in [0.25, 0.3) is 0 Å². The summed E-state index contributed by atoms with van der Waals surface area (Å²) in [6.45, 7) is 4.52. The van der Waals surface area contributed by atoms with Gasteiger partial charge in [0, 0.05) is 17.6 Å². The molecule has 3 saturated heterocycles. The molecule has 1 aromatic heterocycles. The van der Waals surface area contributed by atoms with Crippen molar-refractivity contribution in [2.24, 2.45) is 5.92 Å². The van der Waals surface area contributed by atoms with Gasteiger partial charge in [0.25, 0.3) is 5.91 Å². The SMILES string of the molecule is C[C@H]1[C@H](NC(=O)c2ccc(Oc3ccc(C#N)s3)cc2)C2CCN1CC2. The number of piperidine rings is 3. The molecule has 1 N–H and O–H groups in total. The van der Waals surface area contributed by atoms with Gasteiger partial charge >= 0.3 is 0 Å². The van der Waals surface area contributed by atoms with Gasteiger partial charge < -0.3 is 10.1 Å². The molecule has 0 saturated carbocycles. The predicted molar refractivity (Wildman–Crippen MR) is 101 cm³/mol. The minimum atomic E-state index is -0.0231. The minimum Gasteiger partial charge on any atom is -0.447 e. The molecule has 0 unspecified atom stereocenters. The smallest absolute Gasteiger partial charge is 0.251 e. The molecule has 2 atom stereocenters. The summed E-state index contributed by atoms with van der Waals surface area (Å²) in [5.41, 5.74) is 0.643. The van der Waals surface area contributed by atoms with Crippen LogP contribution in [0, 0.1) is 17.2 Å². The predicted octanol–water partition coefficient (Wildman–Crippen LogP) is 3.62. The number of ether oxygens (including phenoxy) is 1. The fourth-order valence-electron chi connectivity index (χ4n) is 4.01. The number of rotatable bonds is 4. The van der Waals surface area contributed by atoms with E-state index in [0.29, 0.717) is 33.2 Å². The summed E-state index contributed by atoms with van der Waals surface area (Å²) in [4.78, 5) is 15.7. The van der Waals surface area contributed by atoms with Crippen molar-refractivity contribution in [1.82, 2.24) is 10.2 Å². The first kappa shape index (κ1) is 17.1. The minimum absolute atomic E-state index is 0.0231. The summed E-state index contributed by atoms with van der Waals surface area (Å²) in [7, 11) is 0. The van der Waals surface area contributed by atoms with Crippen LogP contribution in [0.3, 0.4) is 0 Å². The van der Waals surface area contributed by atoms with Gasteiger partial charge in [0.15, 0.2) is 5.06 Å². The van der Waals surface area contributed by atoms with Gasteiger partial charge in [-0.15, -0.1) is 0 Å². The second-order valence-corrected chi connectivity index (χ2v) is 8.02. The van der Waals surface area contributed by atoms with Crippen LogP contribution in [0.4, 0.5) is 0 Å². The summed E-state index contributed by atoms with van der Waals surface area (Å²) in [6.07, 6.45) is 2.35. The van der Waals surface area contributed by atoms with Crippen LogP contribution in [-0.4, -0.2) is 36.0 Å². The van der Waals surface area contributed by atoms with Gasteiger partial charge in [-0.1, -0.05) is 11.3 Å². The molecule has 0 spiro atoms. The van der Waals surface area contributed by atoms with E-state index in [4.69, 9.17) is 10.00 Å². The highest BCUT2D eigenvalue weighted by molar-refractivity contribution is 7.14. The molecule has 3 fully saturated rings. The lowest BCUT2D eigenvalue weighted by Crippen LogP contribution is -2.62. The Kier molecular flexibility index (Phi) is 4.66. The van der Waals surface area contributed by atoms with E-state index in [1.165, 1.54) is 24.2 Å². The highest BCUT2D eigenvalue weighted by Crippen LogP contribution is 2.32. The fourth-order valence-corrected chi connectivity index (χ4v) is 4.68. The molecule has 6 heteroatoms. The van der Waals surface area contributed by atoms with Crippen LogP contribution in [0.2, 0.25) is 0 Å². The highest BCUT2D eigenvalue weighted by Gasteiger charge is 2.40. The first-order valence-corrected chi connectivity index (χ1v) is 9.78. The van der Waals surface area contributed by atoms with Crippen molar-refractivity contribution < 1.29 is 9.53 Å². The van der Waals surface area contributed by atoms with Gasteiger partial charge in [-0.25, -0.2) is 0 Å². The van der Waals surface area contributed by atoms with E-state index in [-0.39, 0.29) is 11.9 Å². The average molecular weight is 367 g/mol. The number of thiophene rings is 1. The zero-order valence-electron chi connectivity index (χ0n) is 14.6. The number of amides is 1. The third-order valence-electron chi connectivity index (χ3n) is 5.50. The first-order valence-electron chi connectivity index (χ1n) is 8.97. The summed E-state index contributed by atoms with van der Waals surface area (Å²) < 4.78 is 5.73. The van der Waals surface area contributed by atoms with E-state index in [0.717, 1.165) is 13.1 Å². The molecule has 26 heavy (non-hydrogen) atoms. The van der Waals surface area contributed by atoms with Gasteiger partial charge in [-0.2, -0.15) is 5.26 Å². The second kappa shape index (κ2) is 7.10. The summed E-state index contributed by atoms with van der Waals surface area (Å²) >= 11 is 1.30. The number of carbonyl (C=O) groups is 1. The molecular weight excluding hydrogens is 346 g/mol. The first-order chi connectivity index (χ1) is 12.6. The zero-order valence-corrected chi connectivity index (χ0v) is 15.5. The molecule has 0 aliphatic carbocycles. The third kappa shape index (κ3) is 3.33. The van der Waals surface area contributed by atoms with Crippen LogP contribution in [-0.2, 0) is 0 Å². The molecule has 0 radical (unpaired) electrons. The molecule has 3 aliphatic rings. The summed E-state index contributed by atoms with van der Waals surface area (Å²) in [5, 5.41) is 12.8. The topological polar surface area (TPSA) is 65.4 Å². The normalized spacial score (nSPS) is 26.9. The Morgan fingerprint density at radius 2 is 1.96 bits per heavy atom. The van der Waals surface area contributed by atoms with E-state index < -0.39 is 0 Å². The molecular formula is C20H21N3O2S. The number of nitriles is 1. The van der Waals surface area contributed by atoms with Crippen molar-refractivity contribution in [1.29, 1.82) is 5.26 Å². The number of fused-ring (bicyclic) bond motifs is 3. The maximum Gasteiger partial charge on any atom is 0.251 e. The van der Waals surface area contributed by atoms with Crippen molar-refractivity contribution in [2.75, 3.05) is 13.1 Å². The van der Waals surface area contributed by atoms with Crippen molar-refractivity contribution in [3.8, 4) is 16.9 Å². The van der Waals surface area contributed by atoms with Gasteiger partial charge in [0.2, 0.25) is 0 Å². The van der Waals surface area contributed by atoms with Crippen LogP contribution in [0.5, 0.6) is 10.8 Å². The molecule has 2 bridgehead atoms. The molecule has 1 amide bonds. The molecule has 5 rings (SSSR count). The quantitative estimate of drug-likeness (QED) is 0.896. The number of hydrogen-bond donors (Lipinski definition) is 1. The van der Waals surface area contributed by atoms with Crippen molar-refractivity contribution in [3.63, 3.8) is 0 Å². The van der Waals surface area contributed by atoms with Gasteiger partial charge in [-0.3, -0.25) is 9.69 Å². The van der Waals surface area contributed by atoms with Crippen molar-refractivity contribution >= 4 is 17.2 Å². The Morgan fingerprint density at radius 3 is 2.58 bits per heavy atom. The zero-order chi connectivity index (χ0) is 18.1. The Balaban J connectivity index is 1.40. The van der Waals surface area contributed by atoms with E-state index >= 15 is 0 Å². The maximum atomic E-state index is 12.6. The van der Waals surface area contributed by atoms with Gasteiger partial charge in [0.05, 0.1) is 0 Å². The van der Waals surface area contributed by atoms with Gasteiger partial charge in [0.1, 0.15) is 16.7 Å². The molecule has 5 nitrogen and oxygen atoms in total. The van der Waals surface area contributed by atoms with Crippen LogP contribution in [0.15, 0.2) is 36.4 Å². The Hall–Kier alpha value is -2.36. The number of hydrogen-bond acceptors (Lipinski definition) is 5. The Morgan fingerprint density at radius 1 is 1.23 bits per heavy atom. The van der Waals surface area contributed by atoms with Crippen LogP contribution >= 0.6 is 11.3 Å². The van der Waals surface area contributed by atoms with Crippen LogP contribution in [0.1, 0.15) is 35.0 Å². The molecule has 134 valence electrons. The summed E-state index contributed by atoms with van der Waals surface area (Å²) in [6, 6.07) is 13.4. The van der Waals surface area contributed by atoms with E-state index in [9.17, 15) is 4.79 Å². The highest BCUT2D eigenvalue weighted by atomic mass is 32.1. The summed E-state index contributed by atoms with van der Waals surface area (Å²) in [5.74, 6) is 1.23. The Bertz CT molecular complexity index is 829. The average Bonchev–Trinajstić information content (AvgIpc) is 3.13. The third-order valence-corrected chi connectivity index (χ3v) is 6.37. The van der Waals surface area contributed by atoms with E-state index in [1.807, 2.05) is 0 Å². The maximum absolute atomic E-state index is 12.6. The largest absolute Gasteiger partial charge is 0.447 e. The van der Waals surface area contributed by atoms with Crippen molar-refractivity contribution in [3.05, 3.63) is 46.8 Å². The lowest BCUT2D eigenvalue weighted by Gasteiger charge is -2.49. The Labute approximate surface area is 157 Å². The molecule has 2 aromatic rings. The second-order valence-electron chi connectivity index (χ2n) is 6.97. The molecule has 3 aliphatic heterocycles. The lowest BCUT2D eigenvalue weighted by molar-refractivity contribution is 0.0217. The van der Waals surface area contributed by atoms with Gasteiger partial charge in [-0.05, 0) is 75.2 Å². The number of benzene rings is 1. The number of carbonyl (C=O) groups excluding carboxylic acids is 1. The van der Waals surface area contributed by atoms with E-state index in [1.54, 1.807) is 36.4 Å². The molecule has 4 heterocycles. The fraction of sp³-hybridized carbons (Fsp3) is 0.400. The lowest BCUT2D eigenvalue weighted by atomic mass is 9.79.